The Balaban J connectivity index is 1.56. The van der Waals surface area contributed by atoms with E-state index in [1.807, 2.05) is 12.1 Å². The quantitative estimate of drug-likeness (QED) is 0.648. The maximum atomic E-state index is 12.5. The first-order valence-corrected chi connectivity index (χ1v) is 11.1. The fraction of sp³-hybridized carbons (Fsp3) is 0.407. The van der Waals surface area contributed by atoms with Crippen LogP contribution in [0.5, 0.6) is 0 Å². The number of benzene rings is 2. The summed E-state index contributed by atoms with van der Waals surface area (Å²) in [5.74, 6) is 0.0470. The predicted molar refractivity (Wildman–Crippen MR) is 124 cm³/mol. The van der Waals surface area contributed by atoms with E-state index in [4.69, 9.17) is 9.47 Å². The van der Waals surface area contributed by atoms with E-state index in [2.05, 4.69) is 53.9 Å². The molecule has 0 bridgehead atoms. The second kappa shape index (κ2) is 8.45. The zero-order valence-corrected chi connectivity index (χ0v) is 19.2. The van der Waals surface area contributed by atoms with E-state index in [0.717, 1.165) is 24.0 Å². The van der Waals surface area contributed by atoms with Crippen LogP contribution in [0.4, 0.5) is 4.79 Å². The van der Waals surface area contributed by atoms with E-state index in [1.165, 1.54) is 18.2 Å². The number of hydrogen-bond donors (Lipinski definition) is 1. The zero-order valence-electron chi connectivity index (χ0n) is 19.2. The number of rotatable bonds is 6. The maximum Gasteiger partial charge on any atom is 0.408 e. The van der Waals surface area contributed by atoms with E-state index < -0.39 is 23.7 Å². The molecule has 2 aliphatic rings. The molecule has 5 nitrogen and oxygen atoms in total. The number of methoxy groups -OCH3 is 1. The van der Waals surface area contributed by atoms with E-state index >= 15 is 0 Å². The highest BCUT2D eigenvalue weighted by Gasteiger charge is 2.56. The van der Waals surface area contributed by atoms with Crippen LogP contribution in [0.2, 0.25) is 0 Å². The summed E-state index contributed by atoms with van der Waals surface area (Å²) >= 11 is 0. The third-order valence-corrected chi connectivity index (χ3v) is 6.28. The number of fused-ring (bicyclic) bond motifs is 2. The number of allylic oxidation sites excluding steroid dienone is 1. The SMILES string of the molecule is COC(=O)C(CC1=C[C@]2(CC2Cc2ccccc2)c2ccccc21)NC(=O)OC(C)(C)C. The molecule has 0 heterocycles. The third kappa shape index (κ3) is 4.57. The van der Waals surface area contributed by atoms with Gasteiger partial charge in [-0.05, 0) is 61.8 Å². The Morgan fingerprint density at radius 3 is 2.47 bits per heavy atom. The van der Waals surface area contributed by atoms with Crippen molar-refractivity contribution in [1.82, 2.24) is 5.32 Å². The number of carbonyl (C=O) groups excluding carboxylic acids is 2. The number of alkyl carbamates (subject to hydrolysis) is 1. The molecule has 32 heavy (non-hydrogen) atoms. The lowest BCUT2D eigenvalue weighted by atomic mass is 9.93. The topological polar surface area (TPSA) is 64.6 Å². The lowest BCUT2D eigenvalue weighted by Crippen LogP contribution is -2.44. The molecule has 2 aromatic carbocycles. The van der Waals surface area contributed by atoms with Crippen molar-refractivity contribution in [2.75, 3.05) is 7.11 Å². The van der Waals surface area contributed by atoms with E-state index in [-0.39, 0.29) is 5.41 Å². The van der Waals surface area contributed by atoms with E-state index in [1.54, 1.807) is 20.8 Å². The molecule has 4 rings (SSSR count). The summed E-state index contributed by atoms with van der Waals surface area (Å²) in [6, 6.07) is 18.1. The Hall–Kier alpha value is -3.08. The smallest absolute Gasteiger partial charge is 0.408 e. The largest absolute Gasteiger partial charge is 0.467 e. The number of carbonyl (C=O) groups is 2. The fourth-order valence-corrected chi connectivity index (χ4v) is 4.82. The molecule has 1 N–H and O–H groups in total. The Morgan fingerprint density at radius 2 is 1.78 bits per heavy atom. The predicted octanol–water partition coefficient (Wildman–Crippen LogP) is 5.04. The molecule has 2 unspecified atom stereocenters. The summed E-state index contributed by atoms with van der Waals surface area (Å²) in [6.07, 6.45) is 4.17. The van der Waals surface area contributed by atoms with Gasteiger partial charge in [0.1, 0.15) is 11.6 Å². The fourth-order valence-electron chi connectivity index (χ4n) is 4.82. The average Bonchev–Trinajstić information content (AvgIpc) is 3.34. The monoisotopic (exact) mass is 433 g/mol. The highest BCUT2D eigenvalue weighted by Crippen LogP contribution is 2.62. The lowest BCUT2D eigenvalue weighted by Gasteiger charge is -2.23. The summed E-state index contributed by atoms with van der Waals surface area (Å²) in [5.41, 5.74) is 4.25. The second-order valence-corrected chi connectivity index (χ2v) is 9.77. The Labute approximate surface area is 189 Å². The van der Waals surface area contributed by atoms with Crippen LogP contribution >= 0.6 is 0 Å². The van der Waals surface area contributed by atoms with Gasteiger partial charge in [0.15, 0.2) is 0 Å². The molecular weight excluding hydrogens is 402 g/mol. The molecule has 2 aromatic rings. The van der Waals surface area contributed by atoms with Crippen LogP contribution in [0.3, 0.4) is 0 Å². The van der Waals surface area contributed by atoms with Crippen LogP contribution in [0.1, 0.15) is 50.3 Å². The molecule has 0 aliphatic heterocycles. The van der Waals surface area contributed by atoms with Gasteiger partial charge >= 0.3 is 12.1 Å². The summed E-state index contributed by atoms with van der Waals surface area (Å²) < 4.78 is 10.3. The number of amides is 1. The van der Waals surface area contributed by atoms with Crippen molar-refractivity contribution in [3.05, 3.63) is 77.4 Å². The maximum absolute atomic E-state index is 12.5. The molecule has 1 spiro atoms. The van der Waals surface area contributed by atoms with Gasteiger partial charge in [-0.15, -0.1) is 0 Å². The van der Waals surface area contributed by atoms with Crippen molar-refractivity contribution in [3.8, 4) is 0 Å². The van der Waals surface area contributed by atoms with Crippen molar-refractivity contribution >= 4 is 17.6 Å². The van der Waals surface area contributed by atoms with Gasteiger partial charge in [0.25, 0.3) is 0 Å². The van der Waals surface area contributed by atoms with Gasteiger partial charge in [-0.25, -0.2) is 9.59 Å². The van der Waals surface area contributed by atoms with Crippen molar-refractivity contribution in [1.29, 1.82) is 0 Å². The zero-order chi connectivity index (χ0) is 22.9. The van der Waals surface area contributed by atoms with Gasteiger partial charge in [-0.1, -0.05) is 60.7 Å². The average molecular weight is 434 g/mol. The minimum Gasteiger partial charge on any atom is -0.467 e. The first kappa shape index (κ1) is 22.1. The van der Waals surface area contributed by atoms with Gasteiger partial charge in [0, 0.05) is 11.8 Å². The van der Waals surface area contributed by atoms with Gasteiger partial charge in [0.05, 0.1) is 7.11 Å². The van der Waals surface area contributed by atoms with Crippen LogP contribution < -0.4 is 5.32 Å². The summed E-state index contributed by atoms with van der Waals surface area (Å²) in [4.78, 5) is 24.8. The van der Waals surface area contributed by atoms with Crippen LogP contribution in [-0.4, -0.2) is 30.8 Å². The van der Waals surface area contributed by atoms with Gasteiger partial charge in [-0.3, -0.25) is 0 Å². The van der Waals surface area contributed by atoms with Crippen LogP contribution in [0.25, 0.3) is 5.57 Å². The molecule has 0 aromatic heterocycles. The highest BCUT2D eigenvalue weighted by atomic mass is 16.6. The van der Waals surface area contributed by atoms with Crippen LogP contribution in [0.15, 0.2) is 60.7 Å². The molecule has 2 aliphatic carbocycles. The van der Waals surface area contributed by atoms with E-state index in [9.17, 15) is 9.59 Å². The molecule has 0 radical (unpaired) electrons. The van der Waals surface area contributed by atoms with Gasteiger partial charge < -0.3 is 14.8 Å². The van der Waals surface area contributed by atoms with Crippen molar-refractivity contribution < 1.29 is 19.1 Å². The standard InChI is InChI=1S/C27H31NO4/c1-26(2,3)32-25(30)28-23(24(29)31-4)15-19-16-27(22-13-9-8-12-21(19)22)17-20(27)14-18-10-6-5-7-11-18/h5-13,16,20,23H,14-15,17H2,1-4H3,(H,28,30)/t20?,23?,27-/m1/s1. The molecule has 1 fully saturated rings. The normalized spacial score (nSPS) is 22.0. The molecule has 168 valence electrons. The summed E-state index contributed by atoms with van der Waals surface area (Å²) in [5, 5.41) is 2.70. The molecule has 0 saturated heterocycles. The number of esters is 1. The number of hydrogen-bond acceptors (Lipinski definition) is 4. The van der Waals surface area contributed by atoms with Crippen LogP contribution in [0, 0.1) is 5.92 Å². The Morgan fingerprint density at radius 1 is 1.09 bits per heavy atom. The Bertz CT molecular complexity index is 1040. The third-order valence-electron chi connectivity index (χ3n) is 6.28. The first-order chi connectivity index (χ1) is 15.2. The highest BCUT2D eigenvalue weighted by molar-refractivity contribution is 5.86. The molecule has 1 amide bonds. The first-order valence-electron chi connectivity index (χ1n) is 11.1. The molecule has 5 heteroatoms. The minimum absolute atomic E-state index is 0.00829. The number of ether oxygens (including phenoxy) is 2. The number of nitrogens with one attached hydrogen (secondary N) is 1. The van der Waals surface area contributed by atoms with Gasteiger partial charge in [-0.2, -0.15) is 0 Å². The summed E-state index contributed by atoms with van der Waals surface area (Å²) in [7, 11) is 1.33. The van der Waals surface area contributed by atoms with Crippen molar-refractivity contribution in [2.24, 2.45) is 5.92 Å². The molecule has 3 atom stereocenters. The van der Waals surface area contributed by atoms with E-state index in [0.29, 0.717) is 12.3 Å². The summed E-state index contributed by atoms with van der Waals surface area (Å²) in [6.45, 7) is 5.37. The minimum atomic E-state index is -0.810. The Kier molecular flexibility index (Phi) is 5.85. The molecular formula is C27H31NO4. The van der Waals surface area contributed by atoms with Crippen molar-refractivity contribution in [3.63, 3.8) is 0 Å². The molecule has 1 saturated carbocycles. The second-order valence-electron chi connectivity index (χ2n) is 9.77. The van der Waals surface area contributed by atoms with Crippen molar-refractivity contribution in [2.45, 2.75) is 57.1 Å². The van der Waals surface area contributed by atoms with Gasteiger partial charge in [0.2, 0.25) is 0 Å². The van der Waals surface area contributed by atoms with Crippen LogP contribution in [-0.2, 0) is 26.1 Å². The lowest BCUT2D eigenvalue weighted by molar-refractivity contribution is -0.143.